The highest BCUT2D eigenvalue weighted by atomic mass is 16.5. The molecule has 0 unspecified atom stereocenters. The Hall–Kier alpha value is -1.51. The second-order valence-electron chi connectivity index (χ2n) is 3.37. The number of nitrogens with zero attached hydrogens (tertiary/aromatic N) is 1. The molecule has 1 aromatic carbocycles. The monoisotopic (exact) mass is 192 g/mol. The molecule has 0 aliphatic rings. The summed E-state index contributed by atoms with van der Waals surface area (Å²) in [6, 6.07) is 7.80. The Kier molecular flexibility index (Phi) is 3.51. The number of nitrogens with one attached hydrogen (secondary N) is 1. The van der Waals surface area contributed by atoms with E-state index in [1.165, 1.54) is 0 Å². The fourth-order valence-corrected chi connectivity index (χ4v) is 1.13. The van der Waals surface area contributed by atoms with Gasteiger partial charge in [0.05, 0.1) is 12.9 Å². The molecule has 0 aromatic heterocycles. The van der Waals surface area contributed by atoms with Crippen molar-refractivity contribution in [2.75, 3.05) is 21.2 Å². The van der Waals surface area contributed by atoms with E-state index < -0.39 is 0 Å². The minimum Gasteiger partial charge on any atom is -0.497 e. The molecular formula is C11H16N2O. The van der Waals surface area contributed by atoms with Gasteiger partial charge in [0.2, 0.25) is 0 Å². The predicted molar refractivity (Wildman–Crippen MR) is 58.1 cm³/mol. The first kappa shape index (κ1) is 10.6. The van der Waals surface area contributed by atoms with Crippen molar-refractivity contribution in [3.05, 3.63) is 29.8 Å². The van der Waals surface area contributed by atoms with Crippen LogP contribution in [0.15, 0.2) is 24.3 Å². The fraction of sp³-hybridized carbons (Fsp3) is 0.364. The van der Waals surface area contributed by atoms with E-state index in [0.29, 0.717) is 12.3 Å². The first-order valence-electron chi connectivity index (χ1n) is 4.51. The lowest BCUT2D eigenvalue weighted by Crippen LogP contribution is -2.22. The average Bonchev–Trinajstić information content (AvgIpc) is 2.18. The number of rotatable bonds is 3. The van der Waals surface area contributed by atoms with Crippen LogP contribution in [0.2, 0.25) is 0 Å². The smallest absolute Gasteiger partial charge is 0.119 e. The summed E-state index contributed by atoms with van der Waals surface area (Å²) in [4.78, 5) is 1.81. The van der Waals surface area contributed by atoms with Gasteiger partial charge < -0.3 is 9.64 Å². The first-order chi connectivity index (χ1) is 6.63. The average molecular weight is 192 g/mol. The zero-order chi connectivity index (χ0) is 10.6. The van der Waals surface area contributed by atoms with Crippen molar-refractivity contribution in [1.29, 1.82) is 5.41 Å². The molecule has 3 nitrogen and oxygen atoms in total. The summed E-state index contributed by atoms with van der Waals surface area (Å²) in [5.41, 5.74) is 1.10. The first-order valence-corrected chi connectivity index (χ1v) is 4.51. The summed E-state index contributed by atoms with van der Waals surface area (Å²) in [5, 5.41) is 7.69. The van der Waals surface area contributed by atoms with Crippen molar-refractivity contribution in [2.45, 2.75) is 6.42 Å². The van der Waals surface area contributed by atoms with Gasteiger partial charge in [0, 0.05) is 20.5 Å². The Morgan fingerprint density at radius 2 is 2.14 bits per heavy atom. The number of methoxy groups -OCH3 is 1. The lowest BCUT2D eigenvalue weighted by atomic mass is 10.1. The van der Waals surface area contributed by atoms with Crippen molar-refractivity contribution < 1.29 is 4.74 Å². The van der Waals surface area contributed by atoms with Crippen LogP contribution in [0.5, 0.6) is 5.75 Å². The van der Waals surface area contributed by atoms with Crippen molar-refractivity contribution in [3.8, 4) is 5.75 Å². The van der Waals surface area contributed by atoms with Crippen LogP contribution in [0.4, 0.5) is 0 Å². The molecule has 0 aliphatic heterocycles. The maximum absolute atomic E-state index is 7.69. The Labute approximate surface area is 84.8 Å². The maximum atomic E-state index is 7.69. The molecule has 0 spiro atoms. The van der Waals surface area contributed by atoms with Gasteiger partial charge in [-0.2, -0.15) is 0 Å². The van der Waals surface area contributed by atoms with Crippen LogP contribution < -0.4 is 4.74 Å². The van der Waals surface area contributed by atoms with Crippen molar-refractivity contribution in [2.24, 2.45) is 0 Å². The third kappa shape index (κ3) is 2.76. The summed E-state index contributed by atoms with van der Waals surface area (Å²) >= 11 is 0. The molecule has 1 N–H and O–H groups in total. The molecule has 0 amide bonds. The maximum Gasteiger partial charge on any atom is 0.119 e. The predicted octanol–water partition coefficient (Wildman–Crippen LogP) is 1.78. The van der Waals surface area contributed by atoms with E-state index in [1.54, 1.807) is 12.0 Å². The Balaban J connectivity index is 2.72. The van der Waals surface area contributed by atoms with Crippen LogP contribution in [0.1, 0.15) is 5.56 Å². The van der Waals surface area contributed by atoms with Gasteiger partial charge in [-0.05, 0) is 17.7 Å². The molecular weight excluding hydrogens is 176 g/mol. The zero-order valence-electron chi connectivity index (χ0n) is 8.87. The highest BCUT2D eigenvalue weighted by Gasteiger charge is 2.02. The molecule has 1 rings (SSSR count). The summed E-state index contributed by atoms with van der Waals surface area (Å²) in [6.45, 7) is 0. The Morgan fingerprint density at radius 1 is 1.43 bits per heavy atom. The van der Waals surface area contributed by atoms with Crippen LogP contribution in [-0.4, -0.2) is 31.9 Å². The van der Waals surface area contributed by atoms with Crippen LogP contribution >= 0.6 is 0 Å². The van der Waals surface area contributed by atoms with Crippen LogP contribution in [0.25, 0.3) is 0 Å². The van der Waals surface area contributed by atoms with E-state index in [4.69, 9.17) is 10.1 Å². The molecule has 0 heterocycles. The van der Waals surface area contributed by atoms with Gasteiger partial charge in [0.25, 0.3) is 0 Å². The van der Waals surface area contributed by atoms with Gasteiger partial charge in [-0.15, -0.1) is 0 Å². The molecule has 0 fully saturated rings. The van der Waals surface area contributed by atoms with E-state index in [0.717, 1.165) is 11.3 Å². The molecule has 0 radical (unpaired) electrons. The second kappa shape index (κ2) is 4.65. The van der Waals surface area contributed by atoms with E-state index in [9.17, 15) is 0 Å². The topological polar surface area (TPSA) is 36.3 Å². The molecule has 14 heavy (non-hydrogen) atoms. The summed E-state index contributed by atoms with van der Waals surface area (Å²) < 4.78 is 5.11. The molecule has 0 aliphatic carbocycles. The number of hydrogen-bond donors (Lipinski definition) is 1. The van der Waals surface area contributed by atoms with Gasteiger partial charge in [0.1, 0.15) is 5.75 Å². The standard InChI is InChI=1S/C11H16N2O/c1-13(2)11(12)8-9-5-4-6-10(7-9)14-3/h4-7,12H,8H2,1-3H3. The number of likely N-dealkylation sites (N-methyl/N-ethyl adjacent to an activating group) is 1. The summed E-state index contributed by atoms with van der Waals surface area (Å²) in [5.74, 6) is 1.44. The third-order valence-corrected chi connectivity index (χ3v) is 2.05. The lowest BCUT2D eigenvalue weighted by Gasteiger charge is -2.13. The molecule has 76 valence electrons. The van der Waals surface area contributed by atoms with Gasteiger partial charge in [-0.25, -0.2) is 0 Å². The number of ether oxygens (including phenoxy) is 1. The quantitative estimate of drug-likeness (QED) is 0.585. The highest BCUT2D eigenvalue weighted by molar-refractivity contribution is 5.81. The van der Waals surface area contributed by atoms with Crippen LogP contribution in [0, 0.1) is 5.41 Å². The third-order valence-electron chi connectivity index (χ3n) is 2.05. The fourth-order valence-electron chi connectivity index (χ4n) is 1.13. The van der Waals surface area contributed by atoms with E-state index >= 15 is 0 Å². The number of benzene rings is 1. The van der Waals surface area contributed by atoms with E-state index in [-0.39, 0.29) is 0 Å². The molecule has 0 saturated heterocycles. The normalized spacial score (nSPS) is 9.64. The zero-order valence-corrected chi connectivity index (χ0v) is 8.87. The van der Waals surface area contributed by atoms with E-state index in [2.05, 4.69) is 0 Å². The highest BCUT2D eigenvalue weighted by Crippen LogP contribution is 2.13. The van der Waals surface area contributed by atoms with Gasteiger partial charge in [-0.3, -0.25) is 5.41 Å². The lowest BCUT2D eigenvalue weighted by molar-refractivity contribution is 0.414. The molecule has 0 saturated carbocycles. The van der Waals surface area contributed by atoms with Crippen molar-refractivity contribution in [3.63, 3.8) is 0 Å². The molecule has 0 atom stereocenters. The molecule has 3 heteroatoms. The minimum atomic E-state index is 0.596. The number of hydrogen-bond acceptors (Lipinski definition) is 2. The Morgan fingerprint density at radius 3 is 2.71 bits per heavy atom. The number of amidine groups is 1. The van der Waals surface area contributed by atoms with Crippen molar-refractivity contribution >= 4 is 5.84 Å². The largest absolute Gasteiger partial charge is 0.497 e. The van der Waals surface area contributed by atoms with Crippen molar-refractivity contribution in [1.82, 2.24) is 4.90 Å². The molecule has 0 bridgehead atoms. The van der Waals surface area contributed by atoms with E-state index in [1.807, 2.05) is 38.4 Å². The SMILES string of the molecule is COc1cccc(CC(=N)N(C)C)c1. The van der Waals surface area contributed by atoms with Gasteiger partial charge >= 0.3 is 0 Å². The van der Waals surface area contributed by atoms with Crippen LogP contribution in [-0.2, 0) is 6.42 Å². The molecule has 1 aromatic rings. The minimum absolute atomic E-state index is 0.596. The summed E-state index contributed by atoms with van der Waals surface area (Å²) in [7, 11) is 5.40. The van der Waals surface area contributed by atoms with Crippen LogP contribution in [0.3, 0.4) is 0 Å². The van der Waals surface area contributed by atoms with Gasteiger partial charge in [-0.1, -0.05) is 12.1 Å². The Bertz CT molecular complexity index is 321. The summed E-state index contributed by atoms with van der Waals surface area (Å²) in [6.07, 6.45) is 0.643. The van der Waals surface area contributed by atoms with Gasteiger partial charge in [0.15, 0.2) is 0 Å². The second-order valence-corrected chi connectivity index (χ2v) is 3.37.